The van der Waals surface area contributed by atoms with E-state index in [2.05, 4.69) is 35.0 Å². The molecule has 0 saturated heterocycles. The Morgan fingerprint density at radius 3 is 2.46 bits per heavy atom. The van der Waals surface area contributed by atoms with Gasteiger partial charge in [-0.1, -0.05) is 69.4 Å². The highest BCUT2D eigenvalue weighted by molar-refractivity contribution is 5.94. The Bertz CT molecular complexity index is 870. The van der Waals surface area contributed by atoms with E-state index in [1.807, 2.05) is 36.4 Å². The Balaban J connectivity index is 1.59. The van der Waals surface area contributed by atoms with E-state index in [4.69, 9.17) is 4.98 Å². The molecule has 0 unspecified atom stereocenters. The third kappa shape index (κ3) is 5.44. The first kappa shape index (κ1) is 20.1. The quantitative estimate of drug-likeness (QED) is 0.457. The lowest BCUT2D eigenvalue weighted by Gasteiger charge is -2.10. The molecule has 0 spiro atoms. The van der Waals surface area contributed by atoms with Gasteiger partial charge in [-0.25, -0.2) is 4.98 Å². The predicted octanol–water partition coefficient (Wildman–Crippen LogP) is 5.37. The highest BCUT2D eigenvalue weighted by Gasteiger charge is 2.11. The molecule has 0 fully saturated rings. The lowest BCUT2D eigenvalue weighted by molar-refractivity contribution is 0.0954. The third-order valence-electron chi connectivity index (χ3n) is 5.14. The molecule has 0 aliphatic carbocycles. The standard InChI is InChI=1S/C24H31N3O/c1-2-3-4-5-6-12-19-27-22-16-11-10-15-21(22)26-23(27)17-18-25-24(28)20-13-8-7-9-14-20/h7-11,13-16H,2-6,12,17-19H2,1H3,(H,25,28). The zero-order chi connectivity index (χ0) is 19.6. The molecule has 0 radical (unpaired) electrons. The molecule has 28 heavy (non-hydrogen) atoms. The average molecular weight is 378 g/mol. The first-order chi connectivity index (χ1) is 13.8. The maximum Gasteiger partial charge on any atom is 0.251 e. The summed E-state index contributed by atoms with van der Waals surface area (Å²) in [5.41, 5.74) is 2.93. The van der Waals surface area contributed by atoms with Crippen LogP contribution in [0, 0.1) is 0 Å². The van der Waals surface area contributed by atoms with E-state index in [0.717, 1.165) is 24.3 Å². The van der Waals surface area contributed by atoms with Crippen molar-refractivity contribution in [2.24, 2.45) is 0 Å². The maximum absolute atomic E-state index is 12.3. The van der Waals surface area contributed by atoms with E-state index in [-0.39, 0.29) is 5.91 Å². The molecule has 3 rings (SSSR count). The van der Waals surface area contributed by atoms with Crippen LogP contribution in [-0.4, -0.2) is 22.0 Å². The van der Waals surface area contributed by atoms with Gasteiger partial charge in [0.2, 0.25) is 0 Å². The number of rotatable bonds is 11. The summed E-state index contributed by atoms with van der Waals surface area (Å²) in [6.45, 7) is 3.84. The minimum Gasteiger partial charge on any atom is -0.352 e. The molecule has 2 aromatic carbocycles. The first-order valence-corrected chi connectivity index (χ1v) is 10.6. The van der Waals surface area contributed by atoms with Crippen LogP contribution in [0.2, 0.25) is 0 Å². The van der Waals surface area contributed by atoms with Crippen molar-refractivity contribution >= 4 is 16.9 Å². The monoisotopic (exact) mass is 377 g/mol. The Hall–Kier alpha value is -2.62. The van der Waals surface area contributed by atoms with Crippen LogP contribution in [0.4, 0.5) is 0 Å². The van der Waals surface area contributed by atoms with Crippen LogP contribution >= 0.6 is 0 Å². The van der Waals surface area contributed by atoms with Gasteiger partial charge in [0, 0.05) is 25.1 Å². The first-order valence-electron chi connectivity index (χ1n) is 10.6. The summed E-state index contributed by atoms with van der Waals surface area (Å²) in [4.78, 5) is 17.1. The molecule has 1 N–H and O–H groups in total. The number of carbonyl (C=O) groups excluding carboxylic acids is 1. The summed E-state index contributed by atoms with van der Waals surface area (Å²) in [5.74, 6) is 1.03. The molecule has 0 saturated carbocycles. The van der Waals surface area contributed by atoms with Gasteiger partial charge < -0.3 is 9.88 Å². The summed E-state index contributed by atoms with van der Waals surface area (Å²) in [6, 6.07) is 17.7. The van der Waals surface area contributed by atoms with Gasteiger partial charge in [0.05, 0.1) is 11.0 Å². The minimum atomic E-state index is -0.0285. The zero-order valence-electron chi connectivity index (χ0n) is 16.9. The van der Waals surface area contributed by atoms with Crippen molar-refractivity contribution in [1.82, 2.24) is 14.9 Å². The second-order valence-electron chi connectivity index (χ2n) is 7.31. The average Bonchev–Trinajstić information content (AvgIpc) is 3.08. The Morgan fingerprint density at radius 1 is 0.929 bits per heavy atom. The Labute approximate surface area is 168 Å². The maximum atomic E-state index is 12.3. The van der Waals surface area contributed by atoms with E-state index in [1.54, 1.807) is 0 Å². The number of para-hydroxylation sites is 2. The highest BCUT2D eigenvalue weighted by atomic mass is 16.1. The van der Waals surface area contributed by atoms with Crippen LogP contribution in [0.25, 0.3) is 11.0 Å². The number of carbonyl (C=O) groups is 1. The van der Waals surface area contributed by atoms with Crippen LogP contribution < -0.4 is 5.32 Å². The van der Waals surface area contributed by atoms with Crippen LogP contribution in [0.15, 0.2) is 54.6 Å². The van der Waals surface area contributed by atoms with Gasteiger partial charge in [-0.2, -0.15) is 0 Å². The zero-order valence-corrected chi connectivity index (χ0v) is 16.9. The Morgan fingerprint density at radius 2 is 1.64 bits per heavy atom. The van der Waals surface area contributed by atoms with E-state index in [0.29, 0.717) is 12.1 Å². The summed E-state index contributed by atoms with van der Waals surface area (Å²) in [5, 5.41) is 3.02. The molecule has 0 atom stereocenters. The van der Waals surface area contributed by atoms with Crippen LogP contribution in [0.1, 0.15) is 61.6 Å². The van der Waals surface area contributed by atoms with Gasteiger partial charge in [0.25, 0.3) is 5.91 Å². The summed E-state index contributed by atoms with van der Waals surface area (Å²) < 4.78 is 2.34. The van der Waals surface area contributed by atoms with Gasteiger partial charge in [0.1, 0.15) is 5.82 Å². The van der Waals surface area contributed by atoms with Crippen molar-refractivity contribution < 1.29 is 4.79 Å². The number of nitrogens with zero attached hydrogens (tertiary/aromatic N) is 2. The molecule has 0 aliphatic rings. The number of amides is 1. The number of fused-ring (bicyclic) bond motifs is 1. The topological polar surface area (TPSA) is 46.9 Å². The second-order valence-corrected chi connectivity index (χ2v) is 7.31. The number of nitrogens with one attached hydrogen (secondary N) is 1. The van der Waals surface area contributed by atoms with Crippen molar-refractivity contribution in [2.75, 3.05) is 6.54 Å². The fourth-order valence-corrected chi connectivity index (χ4v) is 3.60. The molecule has 4 heteroatoms. The van der Waals surface area contributed by atoms with Gasteiger partial charge in [-0.3, -0.25) is 4.79 Å². The molecule has 0 bridgehead atoms. The normalized spacial score (nSPS) is 11.0. The molecular formula is C24H31N3O. The summed E-state index contributed by atoms with van der Waals surface area (Å²) >= 11 is 0. The highest BCUT2D eigenvalue weighted by Crippen LogP contribution is 2.18. The van der Waals surface area contributed by atoms with Crippen LogP contribution in [0.5, 0.6) is 0 Å². The third-order valence-corrected chi connectivity index (χ3v) is 5.14. The van der Waals surface area contributed by atoms with Crippen LogP contribution in [0.3, 0.4) is 0 Å². The molecule has 1 aromatic heterocycles. The molecule has 3 aromatic rings. The largest absolute Gasteiger partial charge is 0.352 e. The summed E-state index contributed by atoms with van der Waals surface area (Å²) in [6.07, 6.45) is 8.43. The second kappa shape index (κ2) is 10.6. The van der Waals surface area contributed by atoms with Crippen molar-refractivity contribution in [3.05, 3.63) is 66.0 Å². The van der Waals surface area contributed by atoms with E-state index >= 15 is 0 Å². The number of imidazole rings is 1. The van der Waals surface area contributed by atoms with Crippen molar-refractivity contribution in [3.63, 3.8) is 0 Å². The van der Waals surface area contributed by atoms with Crippen molar-refractivity contribution in [3.8, 4) is 0 Å². The molecule has 1 heterocycles. The van der Waals surface area contributed by atoms with E-state index in [9.17, 15) is 4.79 Å². The number of hydrogen-bond donors (Lipinski definition) is 1. The van der Waals surface area contributed by atoms with Gasteiger partial charge >= 0.3 is 0 Å². The number of hydrogen-bond acceptors (Lipinski definition) is 2. The number of unbranched alkanes of at least 4 members (excludes halogenated alkanes) is 5. The molecule has 1 amide bonds. The summed E-state index contributed by atoms with van der Waals surface area (Å²) in [7, 11) is 0. The minimum absolute atomic E-state index is 0.0285. The van der Waals surface area contributed by atoms with E-state index < -0.39 is 0 Å². The molecule has 0 aliphatic heterocycles. The SMILES string of the molecule is CCCCCCCCn1c(CCNC(=O)c2ccccc2)nc2ccccc21. The molecular weight excluding hydrogens is 346 g/mol. The lowest BCUT2D eigenvalue weighted by Crippen LogP contribution is -2.26. The smallest absolute Gasteiger partial charge is 0.251 e. The fraction of sp³-hybridized carbons (Fsp3) is 0.417. The lowest BCUT2D eigenvalue weighted by atomic mass is 10.1. The van der Waals surface area contributed by atoms with Gasteiger partial charge in [-0.05, 0) is 30.7 Å². The van der Waals surface area contributed by atoms with Gasteiger partial charge in [-0.15, -0.1) is 0 Å². The Kier molecular flexibility index (Phi) is 7.65. The van der Waals surface area contributed by atoms with E-state index in [1.165, 1.54) is 44.0 Å². The van der Waals surface area contributed by atoms with Crippen molar-refractivity contribution in [2.45, 2.75) is 58.4 Å². The fourth-order valence-electron chi connectivity index (χ4n) is 3.60. The number of benzene rings is 2. The molecule has 148 valence electrons. The van der Waals surface area contributed by atoms with Gasteiger partial charge in [0.15, 0.2) is 0 Å². The van der Waals surface area contributed by atoms with Crippen LogP contribution in [-0.2, 0) is 13.0 Å². The van der Waals surface area contributed by atoms with Crippen molar-refractivity contribution in [1.29, 1.82) is 0 Å². The number of aromatic nitrogens is 2. The molecule has 4 nitrogen and oxygen atoms in total. The number of aryl methyl sites for hydroxylation is 1. The predicted molar refractivity (Wildman–Crippen MR) is 116 cm³/mol.